The number of carbonyl (C=O) groups is 1. The second kappa shape index (κ2) is 6.46. The Bertz CT molecular complexity index is 1100. The molecular weight excluding hydrogens is 328 g/mol. The SMILES string of the molecule is Cc1cc(-c2onc3ccc(C(=O)NO)cc23)ccc1-c1ccccc1. The van der Waals surface area contributed by atoms with Crippen LogP contribution in [0.2, 0.25) is 0 Å². The monoisotopic (exact) mass is 344 g/mol. The second-order valence-electron chi connectivity index (χ2n) is 6.08. The van der Waals surface area contributed by atoms with Gasteiger partial charge in [0, 0.05) is 11.1 Å². The number of benzene rings is 3. The van der Waals surface area contributed by atoms with Crippen molar-refractivity contribution in [1.82, 2.24) is 10.6 Å². The van der Waals surface area contributed by atoms with Crippen molar-refractivity contribution >= 4 is 16.8 Å². The van der Waals surface area contributed by atoms with Gasteiger partial charge >= 0.3 is 0 Å². The Morgan fingerprint density at radius 3 is 2.54 bits per heavy atom. The molecule has 26 heavy (non-hydrogen) atoms. The summed E-state index contributed by atoms with van der Waals surface area (Å²) in [6.45, 7) is 2.05. The van der Waals surface area contributed by atoms with E-state index in [0.717, 1.165) is 27.6 Å². The van der Waals surface area contributed by atoms with Crippen LogP contribution in [0.5, 0.6) is 0 Å². The van der Waals surface area contributed by atoms with Gasteiger partial charge in [0.25, 0.3) is 5.91 Å². The summed E-state index contributed by atoms with van der Waals surface area (Å²) in [5, 5.41) is 13.6. The van der Waals surface area contributed by atoms with E-state index >= 15 is 0 Å². The lowest BCUT2D eigenvalue weighted by Gasteiger charge is -2.08. The van der Waals surface area contributed by atoms with Gasteiger partial charge in [0.05, 0.1) is 5.39 Å². The van der Waals surface area contributed by atoms with Crippen LogP contribution in [-0.4, -0.2) is 16.3 Å². The minimum Gasteiger partial charge on any atom is -0.355 e. The van der Waals surface area contributed by atoms with Gasteiger partial charge in [-0.15, -0.1) is 0 Å². The maximum atomic E-state index is 11.7. The smallest absolute Gasteiger partial charge is 0.274 e. The van der Waals surface area contributed by atoms with Crippen LogP contribution in [0.4, 0.5) is 0 Å². The Morgan fingerprint density at radius 2 is 1.81 bits per heavy atom. The molecule has 0 saturated carbocycles. The molecule has 0 aliphatic heterocycles. The normalized spacial score (nSPS) is 10.8. The molecule has 128 valence electrons. The summed E-state index contributed by atoms with van der Waals surface area (Å²) in [7, 11) is 0. The Morgan fingerprint density at radius 1 is 1.00 bits per heavy atom. The molecule has 4 rings (SSSR count). The molecule has 4 aromatic rings. The minimum absolute atomic E-state index is 0.335. The van der Waals surface area contributed by atoms with E-state index in [1.165, 1.54) is 0 Å². The Kier molecular flexibility index (Phi) is 3.99. The number of nitrogens with one attached hydrogen (secondary N) is 1. The number of nitrogens with zero attached hydrogens (tertiary/aromatic N) is 1. The molecule has 5 heteroatoms. The van der Waals surface area contributed by atoms with Crippen LogP contribution in [0.15, 0.2) is 71.3 Å². The summed E-state index contributed by atoms with van der Waals surface area (Å²) >= 11 is 0. The lowest BCUT2D eigenvalue weighted by atomic mass is 9.97. The minimum atomic E-state index is -0.574. The van der Waals surface area contributed by atoms with Gasteiger partial charge in [-0.3, -0.25) is 10.0 Å². The highest BCUT2D eigenvalue weighted by molar-refractivity contribution is 6.00. The third-order valence-corrected chi connectivity index (χ3v) is 4.41. The number of amides is 1. The topological polar surface area (TPSA) is 75.4 Å². The third kappa shape index (κ3) is 2.74. The van der Waals surface area contributed by atoms with Crippen LogP contribution >= 0.6 is 0 Å². The van der Waals surface area contributed by atoms with E-state index in [1.54, 1.807) is 23.7 Å². The highest BCUT2D eigenvalue weighted by Gasteiger charge is 2.15. The van der Waals surface area contributed by atoms with E-state index in [-0.39, 0.29) is 0 Å². The predicted octanol–water partition coefficient (Wildman–Crippen LogP) is 4.59. The maximum absolute atomic E-state index is 11.7. The van der Waals surface area contributed by atoms with Crippen LogP contribution in [0.3, 0.4) is 0 Å². The molecule has 0 atom stereocenters. The first-order valence-electron chi connectivity index (χ1n) is 8.17. The van der Waals surface area contributed by atoms with Gasteiger partial charge in [-0.25, -0.2) is 5.48 Å². The molecule has 2 N–H and O–H groups in total. The largest absolute Gasteiger partial charge is 0.355 e. The summed E-state index contributed by atoms with van der Waals surface area (Å²) in [5.74, 6) is 0.0185. The molecule has 0 aliphatic rings. The Hall–Kier alpha value is -3.44. The van der Waals surface area contributed by atoms with E-state index in [9.17, 15) is 4.79 Å². The van der Waals surface area contributed by atoms with Crippen molar-refractivity contribution < 1.29 is 14.5 Å². The average molecular weight is 344 g/mol. The molecule has 0 aliphatic carbocycles. The molecular formula is C21H16N2O3. The first-order valence-corrected chi connectivity index (χ1v) is 8.17. The van der Waals surface area contributed by atoms with E-state index in [0.29, 0.717) is 16.8 Å². The number of aryl methyl sites for hydroxylation is 1. The molecule has 3 aromatic carbocycles. The van der Waals surface area contributed by atoms with Crippen molar-refractivity contribution in [3.8, 4) is 22.5 Å². The van der Waals surface area contributed by atoms with Crippen LogP contribution in [0, 0.1) is 6.92 Å². The van der Waals surface area contributed by atoms with Crippen LogP contribution in [-0.2, 0) is 0 Å². The summed E-state index contributed by atoms with van der Waals surface area (Å²) in [6, 6.07) is 21.2. The first-order chi connectivity index (χ1) is 12.7. The molecule has 0 bridgehead atoms. The number of fused-ring (bicyclic) bond motifs is 1. The molecule has 5 nitrogen and oxygen atoms in total. The zero-order chi connectivity index (χ0) is 18.1. The van der Waals surface area contributed by atoms with Gasteiger partial charge in [-0.2, -0.15) is 0 Å². The standard InChI is InChI=1S/C21H16N2O3/c1-13-11-15(7-9-17(13)14-5-3-2-4-6-14)20-18-12-16(21(24)22-25)8-10-19(18)23-26-20/h2-12,25H,1H3,(H,22,24). The molecule has 0 fully saturated rings. The predicted molar refractivity (Wildman–Crippen MR) is 98.9 cm³/mol. The highest BCUT2D eigenvalue weighted by Crippen LogP contribution is 2.33. The summed E-state index contributed by atoms with van der Waals surface area (Å²) < 4.78 is 5.53. The van der Waals surface area contributed by atoms with E-state index in [2.05, 4.69) is 30.3 Å². The Balaban J connectivity index is 1.80. The lowest BCUT2D eigenvalue weighted by Crippen LogP contribution is -2.18. The third-order valence-electron chi connectivity index (χ3n) is 4.41. The summed E-state index contributed by atoms with van der Waals surface area (Å²) in [6.07, 6.45) is 0. The van der Waals surface area contributed by atoms with E-state index in [4.69, 9.17) is 9.73 Å². The number of hydrogen-bond donors (Lipinski definition) is 2. The molecule has 0 saturated heterocycles. The van der Waals surface area contributed by atoms with Gasteiger partial charge < -0.3 is 4.52 Å². The molecule has 1 aromatic heterocycles. The van der Waals surface area contributed by atoms with Crippen molar-refractivity contribution in [3.05, 3.63) is 77.9 Å². The number of hydroxylamine groups is 1. The number of rotatable bonds is 3. The first kappa shape index (κ1) is 16.1. The maximum Gasteiger partial charge on any atom is 0.274 e. The van der Waals surface area contributed by atoms with Gasteiger partial charge in [0.2, 0.25) is 0 Å². The zero-order valence-corrected chi connectivity index (χ0v) is 14.1. The van der Waals surface area contributed by atoms with Crippen molar-refractivity contribution in [2.24, 2.45) is 0 Å². The van der Waals surface area contributed by atoms with Crippen molar-refractivity contribution in [2.45, 2.75) is 6.92 Å². The number of hydrogen-bond acceptors (Lipinski definition) is 4. The van der Waals surface area contributed by atoms with Crippen LogP contribution < -0.4 is 5.48 Å². The quantitative estimate of drug-likeness (QED) is 0.421. The molecule has 0 unspecified atom stereocenters. The lowest BCUT2D eigenvalue weighted by molar-refractivity contribution is 0.0706. The fourth-order valence-electron chi connectivity index (χ4n) is 3.10. The highest BCUT2D eigenvalue weighted by atomic mass is 16.5. The second-order valence-corrected chi connectivity index (χ2v) is 6.08. The molecule has 1 heterocycles. The summed E-state index contributed by atoms with van der Waals surface area (Å²) in [5.41, 5.74) is 6.93. The van der Waals surface area contributed by atoms with Crippen molar-refractivity contribution in [2.75, 3.05) is 0 Å². The van der Waals surface area contributed by atoms with Crippen LogP contribution in [0.1, 0.15) is 15.9 Å². The van der Waals surface area contributed by atoms with E-state index in [1.807, 2.05) is 30.3 Å². The fourth-order valence-corrected chi connectivity index (χ4v) is 3.10. The summed E-state index contributed by atoms with van der Waals surface area (Å²) in [4.78, 5) is 11.7. The van der Waals surface area contributed by atoms with E-state index < -0.39 is 5.91 Å². The zero-order valence-electron chi connectivity index (χ0n) is 14.1. The van der Waals surface area contributed by atoms with Gasteiger partial charge in [-0.1, -0.05) is 47.6 Å². The van der Waals surface area contributed by atoms with Gasteiger partial charge in [0.15, 0.2) is 5.76 Å². The van der Waals surface area contributed by atoms with Crippen LogP contribution in [0.25, 0.3) is 33.4 Å². The number of carbonyl (C=O) groups excluding carboxylic acids is 1. The Labute approximate surface area is 149 Å². The average Bonchev–Trinajstić information content (AvgIpc) is 3.11. The molecule has 0 spiro atoms. The molecule has 1 amide bonds. The van der Waals surface area contributed by atoms with Gasteiger partial charge in [0.1, 0.15) is 5.52 Å². The molecule has 0 radical (unpaired) electrons. The number of aromatic nitrogens is 1. The fraction of sp³-hybridized carbons (Fsp3) is 0.0476. The van der Waals surface area contributed by atoms with Gasteiger partial charge in [-0.05, 0) is 47.9 Å². The van der Waals surface area contributed by atoms with Crippen molar-refractivity contribution in [3.63, 3.8) is 0 Å². The van der Waals surface area contributed by atoms with Crippen molar-refractivity contribution in [1.29, 1.82) is 0 Å².